The molecule has 0 aliphatic heterocycles. The second-order valence-electron chi connectivity index (χ2n) is 4.00. The summed E-state index contributed by atoms with van der Waals surface area (Å²) >= 11 is 3.21. The van der Waals surface area contributed by atoms with Crippen molar-refractivity contribution in [3.05, 3.63) is 58.2 Å². The van der Waals surface area contributed by atoms with Gasteiger partial charge in [0.2, 0.25) is 0 Å². The van der Waals surface area contributed by atoms with Gasteiger partial charge in [0.1, 0.15) is 11.6 Å². The Hall–Kier alpha value is -1.62. The van der Waals surface area contributed by atoms with E-state index in [0.29, 0.717) is 23.3 Å². The quantitative estimate of drug-likeness (QED) is 0.855. The Bertz CT molecular complexity index is 549. The van der Waals surface area contributed by atoms with E-state index in [1.54, 1.807) is 30.5 Å². The van der Waals surface area contributed by atoms with Crippen LogP contribution in [0.2, 0.25) is 0 Å². The zero-order valence-electron chi connectivity index (χ0n) is 10.4. The van der Waals surface area contributed by atoms with E-state index in [4.69, 9.17) is 4.42 Å². The van der Waals surface area contributed by atoms with Crippen molar-refractivity contribution >= 4 is 21.8 Å². The fourth-order valence-electron chi connectivity index (χ4n) is 1.78. The summed E-state index contributed by atoms with van der Waals surface area (Å²) in [5.41, 5.74) is 0.0518. The first-order valence-electron chi connectivity index (χ1n) is 5.89. The van der Waals surface area contributed by atoms with Crippen LogP contribution in [-0.4, -0.2) is 17.4 Å². The lowest BCUT2D eigenvalue weighted by molar-refractivity contribution is 0.0735. The number of halogens is 2. The Morgan fingerprint density at radius 3 is 2.74 bits per heavy atom. The first-order valence-corrected chi connectivity index (χ1v) is 6.68. The normalized spacial score (nSPS) is 10.5. The average Bonchev–Trinajstić information content (AvgIpc) is 2.88. The van der Waals surface area contributed by atoms with Gasteiger partial charge in [0, 0.05) is 11.0 Å². The van der Waals surface area contributed by atoms with Gasteiger partial charge in [-0.1, -0.05) is 6.07 Å². The van der Waals surface area contributed by atoms with Crippen LogP contribution in [0.3, 0.4) is 0 Å². The summed E-state index contributed by atoms with van der Waals surface area (Å²) in [4.78, 5) is 13.9. The number of hydrogen-bond acceptors (Lipinski definition) is 2. The number of furan rings is 1. The number of hydrogen-bond donors (Lipinski definition) is 0. The number of carbonyl (C=O) groups excluding carboxylic acids is 1. The second-order valence-corrected chi connectivity index (χ2v) is 4.85. The van der Waals surface area contributed by atoms with Gasteiger partial charge in [0.25, 0.3) is 5.91 Å². The van der Waals surface area contributed by atoms with Gasteiger partial charge in [0.15, 0.2) is 0 Å². The highest BCUT2D eigenvalue weighted by Gasteiger charge is 2.21. The molecule has 0 N–H and O–H groups in total. The molecule has 1 heterocycles. The number of rotatable bonds is 4. The first kappa shape index (κ1) is 13.8. The number of benzene rings is 1. The summed E-state index contributed by atoms with van der Waals surface area (Å²) < 4.78 is 19.4. The van der Waals surface area contributed by atoms with Crippen molar-refractivity contribution in [3.8, 4) is 0 Å². The van der Waals surface area contributed by atoms with Crippen LogP contribution >= 0.6 is 15.9 Å². The predicted molar refractivity (Wildman–Crippen MR) is 73.2 cm³/mol. The second kappa shape index (κ2) is 6.02. The Morgan fingerprint density at radius 2 is 2.16 bits per heavy atom. The monoisotopic (exact) mass is 325 g/mol. The summed E-state index contributed by atoms with van der Waals surface area (Å²) in [7, 11) is 0. The fourth-order valence-corrected chi connectivity index (χ4v) is 2.29. The van der Waals surface area contributed by atoms with E-state index in [9.17, 15) is 9.18 Å². The molecule has 0 bridgehead atoms. The van der Waals surface area contributed by atoms with Gasteiger partial charge < -0.3 is 9.32 Å². The van der Waals surface area contributed by atoms with Crippen LogP contribution in [0.15, 0.2) is 45.5 Å². The summed E-state index contributed by atoms with van der Waals surface area (Å²) in [6.07, 6.45) is 1.55. The van der Waals surface area contributed by atoms with Crippen LogP contribution in [0.4, 0.5) is 4.39 Å². The fraction of sp³-hybridized carbons (Fsp3) is 0.214. The summed E-state index contributed by atoms with van der Waals surface area (Å²) in [6.45, 7) is 2.64. The Balaban J connectivity index is 2.26. The lowest BCUT2D eigenvalue weighted by atomic mass is 10.2. The van der Waals surface area contributed by atoms with Crippen LogP contribution in [0, 0.1) is 5.82 Å². The average molecular weight is 326 g/mol. The van der Waals surface area contributed by atoms with E-state index in [1.165, 1.54) is 11.0 Å². The van der Waals surface area contributed by atoms with Crippen molar-refractivity contribution in [2.24, 2.45) is 0 Å². The molecule has 3 nitrogen and oxygen atoms in total. The number of amides is 1. The SMILES string of the molecule is CCN(Cc1ccco1)C(=O)c1c(F)cccc1Br. The highest BCUT2D eigenvalue weighted by Crippen LogP contribution is 2.22. The van der Waals surface area contributed by atoms with Crippen LogP contribution < -0.4 is 0 Å². The third-order valence-electron chi connectivity index (χ3n) is 2.77. The smallest absolute Gasteiger partial charge is 0.258 e. The van der Waals surface area contributed by atoms with E-state index in [0.717, 1.165) is 0 Å². The Morgan fingerprint density at radius 1 is 1.37 bits per heavy atom. The lowest BCUT2D eigenvalue weighted by Gasteiger charge is -2.20. The standard InChI is InChI=1S/C14H13BrFNO2/c1-2-17(9-10-5-4-8-19-10)14(18)13-11(15)6-3-7-12(13)16/h3-8H,2,9H2,1H3. The van der Waals surface area contributed by atoms with Crippen molar-refractivity contribution in [2.75, 3.05) is 6.54 Å². The Kier molecular flexibility index (Phi) is 4.37. The van der Waals surface area contributed by atoms with Crippen molar-refractivity contribution in [3.63, 3.8) is 0 Å². The van der Waals surface area contributed by atoms with Gasteiger partial charge in [0.05, 0.1) is 18.4 Å². The maximum atomic E-state index is 13.8. The molecule has 0 atom stereocenters. The van der Waals surface area contributed by atoms with Crippen LogP contribution in [-0.2, 0) is 6.54 Å². The van der Waals surface area contributed by atoms with E-state index in [1.807, 2.05) is 6.92 Å². The molecule has 19 heavy (non-hydrogen) atoms. The molecule has 5 heteroatoms. The zero-order valence-corrected chi connectivity index (χ0v) is 12.0. The van der Waals surface area contributed by atoms with Crippen molar-refractivity contribution in [1.29, 1.82) is 0 Å². The van der Waals surface area contributed by atoms with Gasteiger partial charge >= 0.3 is 0 Å². The summed E-state index contributed by atoms with van der Waals surface area (Å²) in [6, 6.07) is 8.02. The highest BCUT2D eigenvalue weighted by atomic mass is 79.9. The third-order valence-corrected chi connectivity index (χ3v) is 3.43. The van der Waals surface area contributed by atoms with Crippen LogP contribution in [0.5, 0.6) is 0 Å². The van der Waals surface area contributed by atoms with Crippen molar-refractivity contribution < 1.29 is 13.6 Å². The molecule has 100 valence electrons. The van der Waals surface area contributed by atoms with E-state index >= 15 is 0 Å². The lowest BCUT2D eigenvalue weighted by Crippen LogP contribution is -2.31. The minimum atomic E-state index is -0.530. The molecule has 0 unspecified atom stereocenters. The maximum absolute atomic E-state index is 13.8. The van der Waals surface area contributed by atoms with Gasteiger partial charge in [-0.15, -0.1) is 0 Å². The van der Waals surface area contributed by atoms with Crippen molar-refractivity contribution in [1.82, 2.24) is 4.90 Å². The molecular weight excluding hydrogens is 313 g/mol. The third kappa shape index (κ3) is 3.04. The van der Waals surface area contributed by atoms with Gasteiger partial charge in [-0.05, 0) is 47.1 Å². The largest absolute Gasteiger partial charge is 0.467 e. The van der Waals surface area contributed by atoms with Crippen LogP contribution in [0.25, 0.3) is 0 Å². The topological polar surface area (TPSA) is 33.5 Å². The molecule has 0 aliphatic rings. The van der Waals surface area contributed by atoms with E-state index < -0.39 is 5.82 Å². The molecule has 2 aromatic rings. The van der Waals surface area contributed by atoms with Gasteiger partial charge in [-0.2, -0.15) is 0 Å². The molecule has 2 rings (SSSR count). The zero-order chi connectivity index (χ0) is 13.8. The minimum Gasteiger partial charge on any atom is -0.467 e. The molecule has 0 fully saturated rings. The number of carbonyl (C=O) groups is 1. The van der Waals surface area contributed by atoms with Crippen LogP contribution in [0.1, 0.15) is 23.0 Å². The molecule has 1 aromatic carbocycles. The van der Waals surface area contributed by atoms with Gasteiger partial charge in [-0.25, -0.2) is 4.39 Å². The molecule has 0 saturated carbocycles. The molecule has 0 spiro atoms. The summed E-state index contributed by atoms with van der Waals surface area (Å²) in [5, 5.41) is 0. The molecule has 0 saturated heterocycles. The van der Waals surface area contributed by atoms with Crippen molar-refractivity contribution in [2.45, 2.75) is 13.5 Å². The maximum Gasteiger partial charge on any atom is 0.258 e. The van der Waals surface area contributed by atoms with E-state index in [-0.39, 0.29) is 11.5 Å². The van der Waals surface area contributed by atoms with E-state index in [2.05, 4.69) is 15.9 Å². The summed E-state index contributed by atoms with van der Waals surface area (Å²) in [5.74, 6) is -0.219. The molecule has 0 aliphatic carbocycles. The predicted octanol–water partition coefficient (Wildman–Crippen LogP) is 3.84. The number of nitrogens with zero attached hydrogens (tertiary/aromatic N) is 1. The first-order chi connectivity index (χ1) is 9.13. The molecule has 0 radical (unpaired) electrons. The minimum absolute atomic E-state index is 0.0518. The Labute approximate surface area is 119 Å². The molecule has 1 aromatic heterocycles. The molecule has 1 amide bonds. The molecular formula is C14H13BrFNO2. The highest BCUT2D eigenvalue weighted by molar-refractivity contribution is 9.10. The van der Waals surface area contributed by atoms with Gasteiger partial charge in [-0.3, -0.25) is 4.79 Å².